The zero-order valence-corrected chi connectivity index (χ0v) is 7.96. The molecule has 0 aromatic heterocycles. The molecule has 0 aliphatic heterocycles. The summed E-state index contributed by atoms with van der Waals surface area (Å²) in [5.74, 6) is -0.413. The Balaban J connectivity index is 2.38. The van der Waals surface area contributed by atoms with E-state index in [9.17, 15) is 9.36 Å². The van der Waals surface area contributed by atoms with Crippen molar-refractivity contribution in [2.24, 2.45) is 11.7 Å². The van der Waals surface area contributed by atoms with Crippen LogP contribution in [0, 0.1) is 5.92 Å². The van der Waals surface area contributed by atoms with Crippen LogP contribution in [0.4, 0.5) is 0 Å². The van der Waals surface area contributed by atoms with Gasteiger partial charge in [0.2, 0.25) is 0 Å². The van der Waals surface area contributed by atoms with E-state index in [2.05, 4.69) is 11.9 Å². The summed E-state index contributed by atoms with van der Waals surface area (Å²) in [4.78, 5) is 19.5. The van der Waals surface area contributed by atoms with Crippen LogP contribution < -0.4 is 11.1 Å². The minimum absolute atomic E-state index is 0.0769. The van der Waals surface area contributed by atoms with Crippen molar-refractivity contribution in [3.8, 4) is 0 Å². The van der Waals surface area contributed by atoms with Crippen LogP contribution >= 0.6 is 8.03 Å². The molecule has 6 heteroatoms. The van der Waals surface area contributed by atoms with E-state index in [1.165, 1.54) is 0 Å². The van der Waals surface area contributed by atoms with Gasteiger partial charge in [-0.3, -0.25) is 4.79 Å². The normalized spacial score (nSPS) is 32.2. The standard InChI is InChI=1S/C7H11N2O3P/c1-2-5-3-7(5,8)9-6(10)4-13(11)12/h2,5H,1,3-4,8H2,(H-,9,10,11,12)/p+1. The molecule has 0 bridgehead atoms. The lowest BCUT2D eigenvalue weighted by molar-refractivity contribution is -0.119. The SMILES string of the molecule is C=CC1CC1(N)NC(=O)C[P+](=O)O. The first-order valence-electron chi connectivity index (χ1n) is 3.84. The van der Waals surface area contributed by atoms with Crippen molar-refractivity contribution in [3.63, 3.8) is 0 Å². The highest BCUT2D eigenvalue weighted by atomic mass is 31.1. The third-order valence-electron chi connectivity index (χ3n) is 1.99. The molecule has 5 nitrogen and oxygen atoms in total. The first kappa shape index (κ1) is 10.3. The van der Waals surface area contributed by atoms with Crippen LogP contribution in [0.2, 0.25) is 0 Å². The van der Waals surface area contributed by atoms with Gasteiger partial charge in [0, 0.05) is 5.92 Å². The average molecular weight is 203 g/mol. The van der Waals surface area contributed by atoms with Gasteiger partial charge < -0.3 is 11.1 Å². The number of hydrogen-bond donors (Lipinski definition) is 3. The molecule has 72 valence electrons. The van der Waals surface area contributed by atoms with E-state index < -0.39 is 25.8 Å². The molecule has 0 saturated heterocycles. The maximum Gasteiger partial charge on any atom is 0.515 e. The van der Waals surface area contributed by atoms with Gasteiger partial charge in [0.1, 0.15) is 0 Å². The average Bonchev–Trinajstić information content (AvgIpc) is 2.58. The van der Waals surface area contributed by atoms with Crippen molar-refractivity contribution in [2.45, 2.75) is 12.1 Å². The third-order valence-corrected chi connectivity index (χ3v) is 2.55. The lowest BCUT2D eigenvalue weighted by Gasteiger charge is -2.09. The molecule has 3 unspecified atom stereocenters. The summed E-state index contributed by atoms with van der Waals surface area (Å²) in [5.41, 5.74) is 4.97. The van der Waals surface area contributed by atoms with Crippen molar-refractivity contribution >= 4 is 13.9 Å². The number of rotatable bonds is 4. The number of nitrogens with two attached hydrogens (primary N) is 1. The van der Waals surface area contributed by atoms with Gasteiger partial charge in [-0.1, -0.05) is 6.08 Å². The minimum atomic E-state index is -2.43. The summed E-state index contributed by atoms with van der Waals surface area (Å²) in [6, 6.07) is 0. The fraction of sp³-hybridized carbons (Fsp3) is 0.571. The highest BCUT2D eigenvalue weighted by Gasteiger charge is 2.50. The Hall–Kier alpha value is -0.770. The summed E-state index contributed by atoms with van der Waals surface area (Å²) in [7, 11) is -2.43. The Kier molecular flexibility index (Phi) is 2.81. The highest BCUT2D eigenvalue weighted by Crippen LogP contribution is 2.39. The second-order valence-electron chi connectivity index (χ2n) is 3.15. The number of hydrogen-bond acceptors (Lipinski definition) is 3. The molecule has 0 aromatic rings. The Morgan fingerprint density at radius 1 is 1.92 bits per heavy atom. The molecule has 1 amide bonds. The van der Waals surface area contributed by atoms with Crippen LogP contribution in [-0.4, -0.2) is 22.6 Å². The Morgan fingerprint density at radius 3 is 2.92 bits per heavy atom. The fourth-order valence-corrected chi connectivity index (χ4v) is 1.49. The minimum Gasteiger partial charge on any atom is -0.334 e. The molecule has 3 atom stereocenters. The van der Waals surface area contributed by atoms with Gasteiger partial charge in [-0.15, -0.1) is 6.58 Å². The topological polar surface area (TPSA) is 92.4 Å². The van der Waals surface area contributed by atoms with Gasteiger partial charge in [-0.25, -0.2) is 0 Å². The summed E-state index contributed by atoms with van der Waals surface area (Å²) < 4.78 is 10.3. The summed E-state index contributed by atoms with van der Waals surface area (Å²) >= 11 is 0. The van der Waals surface area contributed by atoms with Crippen molar-refractivity contribution in [1.82, 2.24) is 5.32 Å². The third kappa shape index (κ3) is 2.59. The molecule has 1 fully saturated rings. The van der Waals surface area contributed by atoms with E-state index in [-0.39, 0.29) is 5.92 Å². The predicted molar refractivity (Wildman–Crippen MR) is 48.1 cm³/mol. The molecule has 0 heterocycles. The van der Waals surface area contributed by atoms with Gasteiger partial charge in [0.15, 0.2) is 0 Å². The lowest BCUT2D eigenvalue weighted by Crippen LogP contribution is -2.46. The van der Waals surface area contributed by atoms with E-state index in [4.69, 9.17) is 10.6 Å². The largest absolute Gasteiger partial charge is 0.515 e. The second kappa shape index (κ2) is 3.54. The van der Waals surface area contributed by atoms with Gasteiger partial charge >= 0.3 is 8.03 Å². The van der Waals surface area contributed by atoms with Gasteiger partial charge in [0.25, 0.3) is 12.1 Å². The molecule has 1 aliphatic carbocycles. The fourth-order valence-electron chi connectivity index (χ4n) is 1.16. The first-order valence-corrected chi connectivity index (χ1v) is 5.23. The van der Waals surface area contributed by atoms with Crippen LogP contribution in [0.3, 0.4) is 0 Å². The van der Waals surface area contributed by atoms with Gasteiger partial charge in [-0.2, -0.15) is 4.89 Å². The van der Waals surface area contributed by atoms with Crippen LogP contribution in [0.25, 0.3) is 0 Å². The maximum absolute atomic E-state index is 11.0. The Labute approximate surface area is 76.9 Å². The van der Waals surface area contributed by atoms with Crippen molar-refractivity contribution in [1.29, 1.82) is 0 Å². The maximum atomic E-state index is 11.0. The van der Waals surface area contributed by atoms with E-state index in [0.29, 0.717) is 6.42 Å². The van der Waals surface area contributed by atoms with Crippen LogP contribution in [0.1, 0.15) is 6.42 Å². The molecular weight excluding hydrogens is 191 g/mol. The Bertz CT molecular complexity index is 268. The smallest absolute Gasteiger partial charge is 0.334 e. The molecule has 0 spiro atoms. The predicted octanol–water partition coefficient (Wildman–Crippen LogP) is -0.302. The number of nitrogens with one attached hydrogen (secondary N) is 1. The molecule has 4 N–H and O–H groups in total. The van der Waals surface area contributed by atoms with Crippen molar-refractivity contribution in [3.05, 3.63) is 12.7 Å². The van der Waals surface area contributed by atoms with Crippen LogP contribution in [0.15, 0.2) is 12.7 Å². The summed E-state index contributed by atoms with van der Waals surface area (Å²) in [5, 5.41) is 2.49. The molecule has 1 saturated carbocycles. The molecule has 13 heavy (non-hydrogen) atoms. The van der Waals surface area contributed by atoms with Gasteiger partial charge in [0.05, 0.1) is 5.66 Å². The molecule has 0 aromatic carbocycles. The van der Waals surface area contributed by atoms with Crippen molar-refractivity contribution in [2.75, 3.05) is 6.16 Å². The van der Waals surface area contributed by atoms with Gasteiger partial charge in [-0.05, 0) is 11.0 Å². The van der Waals surface area contributed by atoms with Crippen LogP contribution in [-0.2, 0) is 9.36 Å². The summed E-state index contributed by atoms with van der Waals surface area (Å²) in [6.45, 7) is 3.55. The molecule has 0 radical (unpaired) electrons. The zero-order chi connectivity index (χ0) is 10.1. The molecule has 1 aliphatic rings. The lowest BCUT2D eigenvalue weighted by atomic mass is 10.3. The number of carbonyl (C=O) groups excluding carboxylic acids is 1. The quantitative estimate of drug-likeness (QED) is 0.332. The zero-order valence-electron chi connectivity index (χ0n) is 7.06. The Morgan fingerprint density at radius 2 is 2.54 bits per heavy atom. The molecular formula is C7H12N2O3P+. The second-order valence-corrected chi connectivity index (χ2v) is 4.17. The van der Waals surface area contributed by atoms with Crippen molar-refractivity contribution < 1.29 is 14.3 Å². The van der Waals surface area contributed by atoms with E-state index in [1.807, 2.05) is 0 Å². The number of amides is 1. The van der Waals surface area contributed by atoms with E-state index in [0.717, 1.165) is 0 Å². The molecule has 1 rings (SSSR count). The van der Waals surface area contributed by atoms with E-state index >= 15 is 0 Å². The monoisotopic (exact) mass is 203 g/mol. The van der Waals surface area contributed by atoms with E-state index in [1.54, 1.807) is 6.08 Å². The van der Waals surface area contributed by atoms with Crippen LogP contribution in [0.5, 0.6) is 0 Å². The summed E-state index contributed by atoms with van der Waals surface area (Å²) in [6.07, 6.45) is 1.92. The first-order chi connectivity index (χ1) is 5.98. The highest BCUT2D eigenvalue weighted by molar-refractivity contribution is 7.39. The number of carbonyl (C=O) groups is 1.